The van der Waals surface area contributed by atoms with Crippen molar-refractivity contribution in [3.63, 3.8) is 0 Å². The number of nitrogens with one attached hydrogen (secondary N) is 1. The van der Waals surface area contributed by atoms with Gasteiger partial charge in [-0.3, -0.25) is 9.78 Å². The van der Waals surface area contributed by atoms with Crippen molar-refractivity contribution >= 4 is 12.2 Å². The molecule has 0 bridgehead atoms. The predicted molar refractivity (Wildman–Crippen MR) is 31.7 cm³/mol. The monoisotopic (exact) mass is 123 g/mol. The van der Waals surface area contributed by atoms with Gasteiger partial charge in [-0.15, -0.1) is 0 Å². The fraction of sp³-hybridized carbons (Fsp3) is 0. The molecule has 4 nitrogen and oxygen atoms in total. The molecule has 0 aliphatic carbocycles. The van der Waals surface area contributed by atoms with E-state index in [4.69, 9.17) is 0 Å². The number of amides is 1. The lowest BCUT2D eigenvalue weighted by molar-refractivity contribution is -0.105. The Kier molecular flexibility index (Phi) is 1.74. The molecule has 0 atom stereocenters. The first kappa shape index (κ1) is 5.68. The van der Waals surface area contributed by atoms with E-state index in [1.54, 1.807) is 0 Å². The standard InChI is InChI=1S/C5H5N3O/c9-4-8-5-3-6-1-2-7-5/h1-4H,(H,7,8,9). The maximum Gasteiger partial charge on any atom is 0.212 e. The van der Waals surface area contributed by atoms with Gasteiger partial charge in [-0.05, 0) is 0 Å². The first-order chi connectivity index (χ1) is 4.43. The summed E-state index contributed by atoms with van der Waals surface area (Å²) in [7, 11) is 0. The van der Waals surface area contributed by atoms with Gasteiger partial charge in [-0.2, -0.15) is 0 Å². The Labute approximate surface area is 51.9 Å². The number of hydrogen-bond donors (Lipinski definition) is 1. The Bertz CT molecular complexity index is 187. The van der Waals surface area contributed by atoms with Crippen molar-refractivity contribution in [2.24, 2.45) is 0 Å². The van der Waals surface area contributed by atoms with Gasteiger partial charge in [0, 0.05) is 12.4 Å². The number of anilines is 1. The number of hydrogen-bond acceptors (Lipinski definition) is 3. The molecule has 46 valence electrons. The van der Waals surface area contributed by atoms with Gasteiger partial charge in [-0.1, -0.05) is 0 Å². The molecule has 0 saturated heterocycles. The second kappa shape index (κ2) is 2.76. The molecule has 1 aromatic rings. The van der Waals surface area contributed by atoms with Crippen LogP contribution >= 0.6 is 0 Å². The largest absolute Gasteiger partial charge is 0.312 e. The first-order valence-electron chi connectivity index (χ1n) is 2.39. The molecule has 0 fully saturated rings. The molecule has 0 spiro atoms. The number of aromatic nitrogens is 2. The van der Waals surface area contributed by atoms with Crippen LogP contribution in [0, 0.1) is 0 Å². The van der Waals surface area contributed by atoms with Crippen molar-refractivity contribution in [1.82, 2.24) is 9.97 Å². The van der Waals surface area contributed by atoms with Crippen LogP contribution in [0.3, 0.4) is 0 Å². The van der Waals surface area contributed by atoms with Crippen molar-refractivity contribution in [2.45, 2.75) is 0 Å². The van der Waals surface area contributed by atoms with Crippen LogP contribution in [-0.4, -0.2) is 16.4 Å². The summed E-state index contributed by atoms with van der Waals surface area (Å²) in [5.41, 5.74) is 0. The van der Waals surface area contributed by atoms with E-state index in [2.05, 4.69) is 15.3 Å². The van der Waals surface area contributed by atoms with E-state index in [0.717, 1.165) is 0 Å². The minimum absolute atomic E-state index is 0.465. The summed E-state index contributed by atoms with van der Waals surface area (Å²) in [4.78, 5) is 17.3. The highest BCUT2D eigenvalue weighted by Crippen LogP contribution is 1.92. The van der Waals surface area contributed by atoms with E-state index >= 15 is 0 Å². The molecular weight excluding hydrogens is 118 g/mol. The number of rotatable bonds is 2. The molecule has 9 heavy (non-hydrogen) atoms. The molecule has 1 rings (SSSR count). The SMILES string of the molecule is O=CNc1cnccn1. The summed E-state index contributed by atoms with van der Waals surface area (Å²) in [5, 5.41) is 2.35. The third kappa shape index (κ3) is 1.49. The van der Waals surface area contributed by atoms with E-state index < -0.39 is 0 Å². The lowest BCUT2D eigenvalue weighted by Crippen LogP contribution is -1.95. The fourth-order valence-electron chi connectivity index (χ4n) is 0.434. The summed E-state index contributed by atoms with van der Waals surface area (Å²) >= 11 is 0. The average molecular weight is 123 g/mol. The highest BCUT2D eigenvalue weighted by Gasteiger charge is 1.84. The average Bonchev–Trinajstić information content (AvgIpc) is 1.91. The van der Waals surface area contributed by atoms with Crippen molar-refractivity contribution in [3.8, 4) is 0 Å². The topological polar surface area (TPSA) is 54.9 Å². The van der Waals surface area contributed by atoms with Gasteiger partial charge >= 0.3 is 0 Å². The fourth-order valence-corrected chi connectivity index (χ4v) is 0.434. The molecule has 0 unspecified atom stereocenters. The maximum absolute atomic E-state index is 9.80. The van der Waals surface area contributed by atoms with E-state index in [1.165, 1.54) is 18.6 Å². The van der Waals surface area contributed by atoms with Crippen molar-refractivity contribution in [3.05, 3.63) is 18.6 Å². The van der Waals surface area contributed by atoms with Gasteiger partial charge in [0.15, 0.2) is 5.82 Å². The van der Waals surface area contributed by atoms with Crippen LogP contribution in [0.25, 0.3) is 0 Å². The summed E-state index contributed by atoms with van der Waals surface area (Å²) in [6.07, 6.45) is 5.07. The molecular formula is C5H5N3O. The molecule has 4 heteroatoms. The van der Waals surface area contributed by atoms with Crippen molar-refractivity contribution in [2.75, 3.05) is 5.32 Å². The second-order valence-corrected chi connectivity index (χ2v) is 1.35. The molecule has 1 amide bonds. The Balaban J connectivity index is 2.72. The smallest absolute Gasteiger partial charge is 0.212 e. The number of carbonyl (C=O) groups excluding carboxylic acids is 1. The van der Waals surface area contributed by atoms with Gasteiger partial charge < -0.3 is 5.32 Å². The molecule has 0 aliphatic heterocycles. The lowest BCUT2D eigenvalue weighted by atomic mass is 10.7. The van der Waals surface area contributed by atoms with Crippen LogP contribution in [0.5, 0.6) is 0 Å². The molecule has 0 radical (unpaired) electrons. The van der Waals surface area contributed by atoms with Crippen LogP contribution in [-0.2, 0) is 4.79 Å². The zero-order chi connectivity index (χ0) is 6.53. The minimum atomic E-state index is 0.465. The molecule has 1 heterocycles. The van der Waals surface area contributed by atoms with E-state index in [0.29, 0.717) is 12.2 Å². The summed E-state index contributed by atoms with van der Waals surface area (Å²) in [6, 6.07) is 0. The molecule has 1 N–H and O–H groups in total. The van der Waals surface area contributed by atoms with Gasteiger partial charge in [0.25, 0.3) is 0 Å². The molecule has 0 aromatic carbocycles. The molecule has 0 aliphatic rings. The van der Waals surface area contributed by atoms with Crippen LogP contribution < -0.4 is 5.32 Å². The maximum atomic E-state index is 9.80. The first-order valence-corrected chi connectivity index (χ1v) is 2.39. The Morgan fingerprint density at radius 2 is 2.44 bits per heavy atom. The minimum Gasteiger partial charge on any atom is -0.312 e. The van der Waals surface area contributed by atoms with Gasteiger partial charge in [-0.25, -0.2) is 4.98 Å². The quantitative estimate of drug-likeness (QED) is 0.565. The highest BCUT2D eigenvalue weighted by molar-refractivity contribution is 5.67. The third-order valence-corrected chi connectivity index (χ3v) is 0.770. The van der Waals surface area contributed by atoms with E-state index in [1.807, 2.05) is 0 Å². The van der Waals surface area contributed by atoms with Crippen LogP contribution in [0.2, 0.25) is 0 Å². The summed E-state index contributed by atoms with van der Waals surface area (Å²) < 4.78 is 0. The van der Waals surface area contributed by atoms with Gasteiger partial charge in [0.1, 0.15) is 0 Å². The van der Waals surface area contributed by atoms with Crippen LogP contribution in [0.15, 0.2) is 18.6 Å². The predicted octanol–water partition coefficient (Wildman–Crippen LogP) is 0.0449. The van der Waals surface area contributed by atoms with Gasteiger partial charge in [0.2, 0.25) is 6.41 Å². The third-order valence-electron chi connectivity index (χ3n) is 0.770. The van der Waals surface area contributed by atoms with Crippen LogP contribution in [0.1, 0.15) is 0 Å². The Morgan fingerprint density at radius 3 is 3.00 bits per heavy atom. The Hall–Kier alpha value is -1.45. The zero-order valence-electron chi connectivity index (χ0n) is 4.61. The Morgan fingerprint density at radius 1 is 1.56 bits per heavy atom. The molecule has 0 saturated carbocycles. The van der Waals surface area contributed by atoms with Gasteiger partial charge in [0.05, 0.1) is 6.20 Å². The zero-order valence-corrected chi connectivity index (χ0v) is 4.61. The van der Waals surface area contributed by atoms with Crippen molar-refractivity contribution < 1.29 is 4.79 Å². The van der Waals surface area contributed by atoms with E-state index in [-0.39, 0.29) is 0 Å². The normalized spacial score (nSPS) is 8.44. The van der Waals surface area contributed by atoms with E-state index in [9.17, 15) is 4.79 Å². The number of carbonyl (C=O) groups is 1. The number of nitrogens with zero attached hydrogens (tertiary/aromatic N) is 2. The van der Waals surface area contributed by atoms with Crippen molar-refractivity contribution in [1.29, 1.82) is 0 Å². The lowest BCUT2D eigenvalue weighted by Gasteiger charge is -1.91. The summed E-state index contributed by atoms with van der Waals surface area (Å²) in [5.74, 6) is 0.465. The summed E-state index contributed by atoms with van der Waals surface area (Å²) in [6.45, 7) is 0. The van der Waals surface area contributed by atoms with Crippen LogP contribution in [0.4, 0.5) is 5.82 Å². The molecule has 1 aromatic heterocycles. The highest BCUT2D eigenvalue weighted by atomic mass is 16.1. The second-order valence-electron chi connectivity index (χ2n) is 1.35.